The molecule has 0 unspecified atom stereocenters. The molecule has 0 saturated heterocycles. The number of fused-ring (bicyclic) bond motifs is 1. The SMILES string of the molecule is CN(C)CCN(C(=O)c1ccc(C(F)(F)F)cc1)c1nc2c(F)cc(F)cc2s1. The summed E-state index contributed by atoms with van der Waals surface area (Å²) < 4.78 is 66.0. The molecule has 4 nitrogen and oxygen atoms in total. The van der Waals surface area contributed by atoms with Gasteiger partial charge in [-0.05, 0) is 44.4 Å². The van der Waals surface area contributed by atoms with E-state index in [2.05, 4.69) is 4.98 Å². The predicted octanol–water partition coefficient (Wildman–Crippen LogP) is 4.80. The molecule has 0 fully saturated rings. The first-order valence-electron chi connectivity index (χ1n) is 8.45. The van der Waals surface area contributed by atoms with E-state index in [4.69, 9.17) is 0 Å². The van der Waals surface area contributed by atoms with E-state index < -0.39 is 29.3 Å². The molecule has 0 saturated carbocycles. The average Bonchev–Trinajstić information content (AvgIpc) is 3.05. The summed E-state index contributed by atoms with van der Waals surface area (Å²) in [6.45, 7) is 0.593. The zero-order chi connectivity index (χ0) is 21.3. The van der Waals surface area contributed by atoms with Crippen LogP contribution < -0.4 is 4.90 Å². The number of aromatic nitrogens is 1. The Morgan fingerprint density at radius 3 is 2.31 bits per heavy atom. The topological polar surface area (TPSA) is 36.4 Å². The Hall–Kier alpha value is -2.59. The molecule has 0 aliphatic heterocycles. The molecule has 2 aromatic carbocycles. The quantitative estimate of drug-likeness (QED) is 0.547. The van der Waals surface area contributed by atoms with Gasteiger partial charge in [-0.3, -0.25) is 9.69 Å². The number of benzene rings is 2. The summed E-state index contributed by atoms with van der Waals surface area (Å²) in [5.74, 6) is -2.20. The minimum atomic E-state index is -4.51. The first-order valence-corrected chi connectivity index (χ1v) is 9.27. The molecule has 29 heavy (non-hydrogen) atoms. The lowest BCUT2D eigenvalue weighted by Crippen LogP contribution is -2.36. The number of halogens is 5. The van der Waals surface area contributed by atoms with Crippen molar-refractivity contribution >= 4 is 32.6 Å². The predicted molar refractivity (Wildman–Crippen MR) is 101 cm³/mol. The van der Waals surface area contributed by atoms with Crippen molar-refractivity contribution in [2.24, 2.45) is 0 Å². The van der Waals surface area contributed by atoms with Gasteiger partial charge in [-0.15, -0.1) is 0 Å². The van der Waals surface area contributed by atoms with Gasteiger partial charge in [0.2, 0.25) is 0 Å². The number of thiazole rings is 1. The highest BCUT2D eigenvalue weighted by molar-refractivity contribution is 7.22. The van der Waals surface area contributed by atoms with Crippen molar-refractivity contribution in [1.29, 1.82) is 0 Å². The van der Waals surface area contributed by atoms with Gasteiger partial charge in [0, 0.05) is 24.7 Å². The third-order valence-corrected chi connectivity index (χ3v) is 5.13. The van der Waals surface area contributed by atoms with Crippen LogP contribution >= 0.6 is 11.3 Å². The zero-order valence-corrected chi connectivity index (χ0v) is 16.2. The van der Waals surface area contributed by atoms with Crippen LogP contribution in [0.15, 0.2) is 36.4 Å². The molecule has 0 aliphatic rings. The van der Waals surface area contributed by atoms with Crippen LogP contribution in [0.3, 0.4) is 0 Å². The Labute approximate surface area is 167 Å². The summed E-state index contributed by atoms with van der Waals surface area (Å²) in [5.41, 5.74) is -0.907. The molecule has 10 heteroatoms. The number of rotatable bonds is 5. The van der Waals surface area contributed by atoms with Crippen LogP contribution in [-0.2, 0) is 6.18 Å². The Morgan fingerprint density at radius 2 is 1.72 bits per heavy atom. The molecular formula is C19H16F5N3OS. The third-order valence-electron chi connectivity index (χ3n) is 4.11. The van der Waals surface area contributed by atoms with Crippen molar-refractivity contribution in [2.45, 2.75) is 6.18 Å². The molecule has 1 amide bonds. The number of nitrogens with zero attached hydrogens (tertiary/aromatic N) is 3. The lowest BCUT2D eigenvalue weighted by Gasteiger charge is -2.22. The lowest BCUT2D eigenvalue weighted by molar-refractivity contribution is -0.137. The molecule has 1 aromatic heterocycles. The zero-order valence-electron chi connectivity index (χ0n) is 15.4. The van der Waals surface area contributed by atoms with E-state index in [1.54, 1.807) is 19.0 Å². The highest BCUT2D eigenvalue weighted by atomic mass is 32.1. The lowest BCUT2D eigenvalue weighted by atomic mass is 10.1. The number of hydrogen-bond donors (Lipinski definition) is 0. The maximum Gasteiger partial charge on any atom is 0.416 e. The molecule has 3 rings (SSSR count). The highest BCUT2D eigenvalue weighted by Gasteiger charge is 2.31. The van der Waals surface area contributed by atoms with E-state index in [0.717, 1.165) is 41.7 Å². The van der Waals surface area contributed by atoms with Crippen LogP contribution in [0.2, 0.25) is 0 Å². The Balaban J connectivity index is 1.98. The summed E-state index contributed by atoms with van der Waals surface area (Å²) in [5, 5.41) is 0.135. The van der Waals surface area contributed by atoms with Crippen LogP contribution in [0.25, 0.3) is 10.2 Å². The maximum atomic E-state index is 14.0. The Kier molecular flexibility index (Phi) is 5.85. The van der Waals surface area contributed by atoms with Gasteiger partial charge in [-0.2, -0.15) is 13.2 Å². The monoisotopic (exact) mass is 429 g/mol. The van der Waals surface area contributed by atoms with Gasteiger partial charge in [-0.1, -0.05) is 11.3 Å². The van der Waals surface area contributed by atoms with Gasteiger partial charge in [0.1, 0.15) is 11.3 Å². The van der Waals surface area contributed by atoms with E-state index in [-0.39, 0.29) is 27.5 Å². The van der Waals surface area contributed by atoms with Crippen LogP contribution in [0, 0.1) is 11.6 Å². The number of carbonyl (C=O) groups is 1. The largest absolute Gasteiger partial charge is 0.416 e. The van der Waals surface area contributed by atoms with Gasteiger partial charge in [0.15, 0.2) is 10.9 Å². The fourth-order valence-corrected chi connectivity index (χ4v) is 3.63. The van der Waals surface area contributed by atoms with Gasteiger partial charge in [0.05, 0.1) is 10.3 Å². The molecule has 0 N–H and O–H groups in total. The van der Waals surface area contributed by atoms with Crippen molar-refractivity contribution in [3.8, 4) is 0 Å². The summed E-state index contributed by atoms with van der Waals surface area (Å²) in [7, 11) is 3.57. The highest BCUT2D eigenvalue weighted by Crippen LogP contribution is 2.33. The van der Waals surface area contributed by atoms with Crippen LogP contribution in [-0.4, -0.2) is 43.0 Å². The molecule has 154 valence electrons. The second-order valence-corrected chi connectivity index (χ2v) is 7.58. The van der Waals surface area contributed by atoms with Gasteiger partial charge in [0.25, 0.3) is 5.91 Å². The molecule has 0 bridgehead atoms. The number of carbonyl (C=O) groups excluding carboxylic acids is 1. The van der Waals surface area contributed by atoms with Gasteiger partial charge < -0.3 is 4.90 Å². The van der Waals surface area contributed by atoms with Gasteiger partial charge in [-0.25, -0.2) is 13.8 Å². The van der Waals surface area contributed by atoms with Crippen molar-refractivity contribution in [3.05, 3.63) is 59.2 Å². The van der Waals surface area contributed by atoms with Gasteiger partial charge >= 0.3 is 6.18 Å². The standard InChI is InChI=1S/C19H16F5N3OS/c1-26(2)7-8-27(17(28)11-3-5-12(6-4-11)19(22,23)24)18-25-16-14(21)9-13(20)10-15(16)29-18/h3-6,9-10H,7-8H2,1-2H3. The molecular weight excluding hydrogens is 413 g/mol. The van der Waals surface area contributed by atoms with Crippen molar-refractivity contribution in [3.63, 3.8) is 0 Å². The van der Waals surface area contributed by atoms with Crippen molar-refractivity contribution < 1.29 is 26.7 Å². The number of likely N-dealkylation sites (N-methyl/N-ethyl adjacent to an activating group) is 1. The molecule has 0 atom stereocenters. The number of anilines is 1. The van der Waals surface area contributed by atoms with Crippen molar-refractivity contribution in [2.75, 3.05) is 32.1 Å². The first-order chi connectivity index (χ1) is 13.6. The van der Waals surface area contributed by atoms with Crippen LogP contribution in [0.4, 0.5) is 27.1 Å². The van der Waals surface area contributed by atoms with Crippen molar-refractivity contribution in [1.82, 2.24) is 9.88 Å². The molecule has 0 spiro atoms. The first kappa shape index (κ1) is 21.1. The molecule has 3 aromatic rings. The normalized spacial score (nSPS) is 12.0. The fourth-order valence-electron chi connectivity index (χ4n) is 2.60. The minimum absolute atomic E-state index is 0.0302. The van der Waals surface area contributed by atoms with E-state index in [1.165, 1.54) is 4.90 Å². The van der Waals surface area contributed by atoms with E-state index >= 15 is 0 Å². The van der Waals surface area contributed by atoms with Crippen LogP contribution in [0.5, 0.6) is 0 Å². The van der Waals surface area contributed by atoms with Crippen LogP contribution in [0.1, 0.15) is 15.9 Å². The van der Waals surface area contributed by atoms with E-state index in [0.29, 0.717) is 12.6 Å². The number of amides is 1. The second-order valence-electron chi connectivity index (χ2n) is 6.57. The molecule has 0 aliphatic carbocycles. The smallest absolute Gasteiger partial charge is 0.308 e. The molecule has 0 radical (unpaired) electrons. The maximum absolute atomic E-state index is 14.0. The number of hydrogen-bond acceptors (Lipinski definition) is 4. The summed E-state index contributed by atoms with van der Waals surface area (Å²) in [4.78, 5) is 20.2. The summed E-state index contributed by atoms with van der Waals surface area (Å²) in [6.07, 6.45) is -4.51. The minimum Gasteiger partial charge on any atom is -0.308 e. The number of alkyl halides is 3. The van der Waals surface area contributed by atoms with E-state index in [9.17, 15) is 26.7 Å². The fraction of sp³-hybridized carbons (Fsp3) is 0.263. The second kappa shape index (κ2) is 8.03. The Morgan fingerprint density at radius 1 is 1.07 bits per heavy atom. The molecule has 1 heterocycles. The summed E-state index contributed by atoms with van der Waals surface area (Å²) >= 11 is 0.931. The van der Waals surface area contributed by atoms with E-state index in [1.807, 2.05) is 0 Å². The summed E-state index contributed by atoms with van der Waals surface area (Å²) in [6, 6.07) is 5.64. The average molecular weight is 429 g/mol. The third kappa shape index (κ3) is 4.70. The Bertz CT molecular complexity index is 1030.